The number of ketones is 3. The quantitative estimate of drug-likeness (QED) is 0.125. The zero-order valence-corrected chi connectivity index (χ0v) is 22.4. The molecule has 2 heterocycles. The fraction of sp³-hybridized carbons (Fsp3) is 0.147. The third-order valence-corrected chi connectivity index (χ3v) is 8.83. The van der Waals surface area contributed by atoms with Crippen LogP contribution in [0.2, 0.25) is 0 Å². The van der Waals surface area contributed by atoms with Gasteiger partial charge >= 0.3 is 0 Å². The molecule has 1 spiro atoms. The van der Waals surface area contributed by atoms with Crippen LogP contribution in [0.5, 0.6) is 0 Å². The average Bonchev–Trinajstić information content (AvgIpc) is 3.43. The first-order valence-electron chi connectivity index (χ1n) is 13.5. The maximum absolute atomic E-state index is 14.6. The molecule has 8 heteroatoms. The summed E-state index contributed by atoms with van der Waals surface area (Å²) in [5.41, 5.74) is 1.49. The van der Waals surface area contributed by atoms with Crippen molar-refractivity contribution < 1.29 is 23.7 Å². The van der Waals surface area contributed by atoms with Crippen LogP contribution in [0, 0.1) is 28.3 Å². The third kappa shape index (κ3) is 3.41. The summed E-state index contributed by atoms with van der Waals surface area (Å²) in [6, 6.07) is 21.7. The van der Waals surface area contributed by atoms with E-state index in [-0.39, 0.29) is 22.6 Å². The molecular formula is C34H23FN2O5. The molecule has 4 aromatic carbocycles. The summed E-state index contributed by atoms with van der Waals surface area (Å²) in [6.07, 6.45) is 3.40. The lowest BCUT2D eigenvalue weighted by Crippen LogP contribution is -2.48. The Morgan fingerprint density at radius 2 is 1.55 bits per heavy atom. The van der Waals surface area contributed by atoms with Crippen LogP contribution in [0.3, 0.4) is 0 Å². The average molecular weight is 559 g/mol. The second-order valence-corrected chi connectivity index (χ2v) is 11.0. The summed E-state index contributed by atoms with van der Waals surface area (Å²) in [4.78, 5) is 56.5. The Morgan fingerprint density at radius 1 is 0.905 bits per heavy atom. The number of fused-ring (bicyclic) bond motifs is 5. The van der Waals surface area contributed by atoms with Crippen molar-refractivity contribution in [2.75, 3.05) is 4.90 Å². The van der Waals surface area contributed by atoms with Gasteiger partial charge in [-0.25, -0.2) is 4.39 Å². The number of aryl methyl sites for hydroxylation is 1. The number of anilines is 1. The van der Waals surface area contributed by atoms with Crippen molar-refractivity contribution in [1.82, 2.24) is 0 Å². The number of nitro groups is 1. The van der Waals surface area contributed by atoms with Gasteiger partial charge in [-0.2, -0.15) is 0 Å². The molecule has 0 unspecified atom stereocenters. The molecular weight excluding hydrogens is 535 g/mol. The SMILES string of the molecule is Cc1ccc(C(=O)[C@@H]2[C@H](c3ccc([N+](=O)[O-])cc3)C3(C(=O)c4ccccc4C3=O)[C@@H]3C=Cc4cc(F)ccc4N23)cc1. The highest BCUT2D eigenvalue weighted by atomic mass is 19.1. The molecule has 7 rings (SSSR count). The number of carbonyl (C=O) groups is 3. The molecule has 0 amide bonds. The van der Waals surface area contributed by atoms with Gasteiger partial charge in [0.1, 0.15) is 17.3 Å². The number of benzene rings is 4. The Kier molecular flexibility index (Phi) is 5.59. The summed E-state index contributed by atoms with van der Waals surface area (Å²) in [5.74, 6) is -2.60. The summed E-state index contributed by atoms with van der Waals surface area (Å²) in [7, 11) is 0. The summed E-state index contributed by atoms with van der Waals surface area (Å²) in [6.45, 7) is 1.90. The lowest BCUT2D eigenvalue weighted by molar-refractivity contribution is -0.384. The van der Waals surface area contributed by atoms with E-state index in [1.54, 1.807) is 59.5 Å². The first kappa shape index (κ1) is 25.7. The van der Waals surface area contributed by atoms with Gasteiger partial charge in [0, 0.05) is 46.0 Å². The molecule has 7 nitrogen and oxygen atoms in total. The molecule has 0 bridgehead atoms. The van der Waals surface area contributed by atoms with Crippen molar-refractivity contribution in [3.63, 3.8) is 0 Å². The normalized spacial score (nSPS) is 21.3. The third-order valence-electron chi connectivity index (χ3n) is 8.83. The Bertz CT molecular complexity index is 1830. The molecule has 1 saturated heterocycles. The summed E-state index contributed by atoms with van der Waals surface area (Å²) in [5, 5.41) is 11.5. The lowest BCUT2D eigenvalue weighted by atomic mass is 9.64. The van der Waals surface area contributed by atoms with Crippen LogP contribution < -0.4 is 4.90 Å². The van der Waals surface area contributed by atoms with Gasteiger partial charge in [0.25, 0.3) is 5.69 Å². The molecule has 1 aliphatic carbocycles. The Hall–Kier alpha value is -5.24. The predicted molar refractivity (Wildman–Crippen MR) is 154 cm³/mol. The number of carbonyl (C=O) groups excluding carboxylic acids is 3. The van der Waals surface area contributed by atoms with Gasteiger partial charge in [0.2, 0.25) is 0 Å². The van der Waals surface area contributed by atoms with Gasteiger partial charge in [0.15, 0.2) is 17.3 Å². The van der Waals surface area contributed by atoms with Crippen LogP contribution >= 0.6 is 0 Å². The van der Waals surface area contributed by atoms with E-state index in [0.29, 0.717) is 22.4 Å². The summed E-state index contributed by atoms with van der Waals surface area (Å²) >= 11 is 0. The molecule has 4 aromatic rings. The molecule has 0 N–H and O–H groups in total. The van der Waals surface area contributed by atoms with Gasteiger partial charge in [-0.15, -0.1) is 0 Å². The number of hydrogen-bond donors (Lipinski definition) is 0. The van der Waals surface area contributed by atoms with Crippen LogP contribution in [-0.4, -0.2) is 34.4 Å². The summed E-state index contributed by atoms with van der Waals surface area (Å²) < 4.78 is 14.4. The molecule has 3 atom stereocenters. The van der Waals surface area contributed by atoms with E-state index < -0.39 is 45.7 Å². The maximum Gasteiger partial charge on any atom is 0.269 e. The van der Waals surface area contributed by atoms with Crippen LogP contribution in [0.4, 0.5) is 15.8 Å². The molecule has 206 valence electrons. The zero-order valence-electron chi connectivity index (χ0n) is 22.4. The molecule has 0 radical (unpaired) electrons. The number of Topliss-reactive ketones (excluding diaryl/α,β-unsaturated/α-hetero) is 3. The van der Waals surface area contributed by atoms with E-state index in [1.807, 2.05) is 19.1 Å². The first-order valence-corrected chi connectivity index (χ1v) is 13.5. The minimum atomic E-state index is -1.74. The number of hydrogen-bond acceptors (Lipinski definition) is 6. The Labute approximate surface area is 240 Å². The van der Waals surface area contributed by atoms with Gasteiger partial charge in [-0.05, 0) is 30.7 Å². The monoisotopic (exact) mass is 558 g/mol. The fourth-order valence-corrected chi connectivity index (χ4v) is 7.01. The van der Waals surface area contributed by atoms with Crippen molar-refractivity contribution in [2.24, 2.45) is 5.41 Å². The van der Waals surface area contributed by atoms with E-state index in [1.165, 1.54) is 36.4 Å². The van der Waals surface area contributed by atoms with E-state index in [0.717, 1.165) is 5.56 Å². The largest absolute Gasteiger partial charge is 0.352 e. The van der Waals surface area contributed by atoms with Gasteiger partial charge in [-0.3, -0.25) is 24.5 Å². The van der Waals surface area contributed by atoms with E-state index in [4.69, 9.17) is 0 Å². The van der Waals surface area contributed by atoms with Crippen molar-refractivity contribution in [3.05, 3.63) is 146 Å². The van der Waals surface area contributed by atoms with Crippen molar-refractivity contribution in [2.45, 2.75) is 24.9 Å². The van der Waals surface area contributed by atoms with Gasteiger partial charge in [0.05, 0.1) is 11.0 Å². The number of non-ortho nitro benzene ring substituents is 1. The highest BCUT2D eigenvalue weighted by Crippen LogP contribution is 2.61. The first-order chi connectivity index (χ1) is 20.2. The highest BCUT2D eigenvalue weighted by molar-refractivity contribution is 6.32. The molecule has 1 fully saturated rings. The van der Waals surface area contributed by atoms with Crippen LogP contribution in [0.15, 0.2) is 97.1 Å². The Balaban J connectivity index is 1.54. The van der Waals surface area contributed by atoms with E-state index in [9.17, 15) is 28.9 Å². The minimum Gasteiger partial charge on any atom is -0.352 e. The predicted octanol–water partition coefficient (Wildman–Crippen LogP) is 6.36. The zero-order chi connectivity index (χ0) is 29.3. The smallest absolute Gasteiger partial charge is 0.269 e. The molecule has 2 aliphatic heterocycles. The Morgan fingerprint density at radius 3 is 2.17 bits per heavy atom. The van der Waals surface area contributed by atoms with Crippen molar-refractivity contribution in [1.29, 1.82) is 0 Å². The topological polar surface area (TPSA) is 97.6 Å². The van der Waals surface area contributed by atoms with Crippen molar-refractivity contribution in [3.8, 4) is 0 Å². The number of nitro benzene ring substituents is 1. The highest BCUT2D eigenvalue weighted by Gasteiger charge is 2.71. The number of rotatable bonds is 4. The standard InChI is InChI=1S/C34H23FN2O5/c1-19-6-8-21(9-7-19)31(38)30-29(20-10-14-24(15-11-20)37(41)42)34(32(39)25-4-2-3-5-26(25)33(34)40)28-17-12-22-18-23(35)13-16-27(22)36(28)30/h2-18,28-30H,1H3/t28-,29-,30-/m0/s1. The molecule has 0 aromatic heterocycles. The van der Waals surface area contributed by atoms with E-state index in [2.05, 4.69) is 0 Å². The van der Waals surface area contributed by atoms with Gasteiger partial charge < -0.3 is 4.90 Å². The van der Waals surface area contributed by atoms with Crippen LogP contribution in [0.1, 0.15) is 53.7 Å². The van der Waals surface area contributed by atoms with Crippen LogP contribution in [-0.2, 0) is 0 Å². The van der Waals surface area contributed by atoms with E-state index >= 15 is 0 Å². The second kappa shape index (κ2) is 9.14. The number of halogens is 1. The van der Waals surface area contributed by atoms with Crippen molar-refractivity contribution >= 4 is 34.8 Å². The number of nitrogens with zero attached hydrogens (tertiary/aromatic N) is 2. The maximum atomic E-state index is 14.6. The molecule has 42 heavy (non-hydrogen) atoms. The molecule has 0 saturated carbocycles. The fourth-order valence-electron chi connectivity index (χ4n) is 7.01. The molecule has 3 aliphatic rings. The second-order valence-electron chi connectivity index (χ2n) is 11.0. The lowest BCUT2D eigenvalue weighted by Gasteiger charge is -2.37. The minimum absolute atomic E-state index is 0.155. The van der Waals surface area contributed by atoms with Gasteiger partial charge in [-0.1, -0.05) is 78.4 Å². The van der Waals surface area contributed by atoms with Crippen LogP contribution in [0.25, 0.3) is 6.08 Å².